The Bertz CT molecular complexity index is 1230. The van der Waals surface area contributed by atoms with E-state index in [0.717, 1.165) is 16.7 Å². The van der Waals surface area contributed by atoms with Crippen LogP contribution in [-0.4, -0.2) is 15.3 Å². The van der Waals surface area contributed by atoms with Crippen molar-refractivity contribution >= 4 is 17.1 Å². The minimum Gasteiger partial charge on any atom is -0.506 e. The molecule has 4 aromatic carbocycles. The molecule has 0 spiro atoms. The molecule has 3 N–H and O–H groups in total. The van der Waals surface area contributed by atoms with Crippen molar-refractivity contribution in [1.29, 1.82) is 0 Å². The molecule has 162 valence electrons. The van der Waals surface area contributed by atoms with Gasteiger partial charge in [0.2, 0.25) is 0 Å². The predicted molar refractivity (Wildman–Crippen MR) is 127 cm³/mol. The number of hydrogen-bond donors (Lipinski definition) is 3. The van der Waals surface area contributed by atoms with Crippen LogP contribution in [0.4, 0.5) is 17.1 Å². The fourth-order valence-corrected chi connectivity index (χ4v) is 3.57. The van der Waals surface area contributed by atoms with Gasteiger partial charge in [-0.1, -0.05) is 30.3 Å². The highest BCUT2D eigenvalue weighted by Crippen LogP contribution is 2.48. The van der Waals surface area contributed by atoms with Gasteiger partial charge in [-0.05, 0) is 86.0 Å². The first-order valence-electron chi connectivity index (χ1n) is 10.3. The van der Waals surface area contributed by atoms with E-state index in [1.165, 1.54) is 0 Å². The molecule has 0 saturated heterocycles. The number of aromatic hydroxyl groups is 3. The molecule has 0 unspecified atom stereocenters. The Hall–Kier alpha value is -4.12. The Kier molecular flexibility index (Phi) is 5.65. The third kappa shape index (κ3) is 4.18. The SMILES string of the molecule is Cc1ccc(Oc2ccccc2N(c2cc(C)ccc2O)c2cc(C)ccc2O)c(O)c1. The van der Waals surface area contributed by atoms with Crippen LogP contribution in [0, 0.1) is 20.8 Å². The first kappa shape index (κ1) is 21.1. The molecule has 0 aliphatic heterocycles. The maximum Gasteiger partial charge on any atom is 0.169 e. The minimum absolute atomic E-state index is 0.0307. The fourth-order valence-electron chi connectivity index (χ4n) is 3.57. The molecule has 0 bridgehead atoms. The second kappa shape index (κ2) is 8.55. The van der Waals surface area contributed by atoms with Crippen LogP contribution in [0.1, 0.15) is 16.7 Å². The van der Waals surface area contributed by atoms with Crippen LogP contribution in [-0.2, 0) is 0 Å². The second-order valence-electron chi connectivity index (χ2n) is 7.86. The van der Waals surface area contributed by atoms with Gasteiger partial charge in [0, 0.05) is 0 Å². The summed E-state index contributed by atoms with van der Waals surface area (Å²) >= 11 is 0. The number of rotatable bonds is 5. The summed E-state index contributed by atoms with van der Waals surface area (Å²) in [5.41, 5.74) is 4.40. The predicted octanol–water partition coefficient (Wildman–Crippen LogP) is 6.99. The van der Waals surface area contributed by atoms with Gasteiger partial charge in [-0.2, -0.15) is 0 Å². The van der Waals surface area contributed by atoms with E-state index >= 15 is 0 Å². The summed E-state index contributed by atoms with van der Waals surface area (Å²) in [4.78, 5) is 1.76. The molecule has 0 aromatic heterocycles. The number of anilines is 3. The van der Waals surface area contributed by atoms with Crippen LogP contribution in [0.2, 0.25) is 0 Å². The summed E-state index contributed by atoms with van der Waals surface area (Å²) < 4.78 is 6.10. The van der Waals surface area contributed by atoms with Gasteiger partial charge in [0.15, 0.2) is 17.2 Å². The Morgan fingerprint density at radius 3 is 1.66 bits per heavy atom. The molecule has 4 rings (SSSR count). The lowest BCUT2D eigenvalue weighted by Crippen LogP contribution is -2.12. The normalized spacial score (nSPS) is 10.7. The maximum atomic E-state index is 10.7. The van der Waals surface area contributed by atoms with Gasteiger partial charge < -0.3 is 20.1 Å². The van der Waals surface area contributed by atoms with E-state index in [2.05, 4.69) is 0 Å². The molecular weight excluding hydrogens is 402 g/mol. The van der Waals surface area contributed by atoms with E-state index < -0.39 is 0 Å². The molecule has 0 radical (unpaired) electrons. The van der Waals surface area contributed by atoms with Crippen molar-refractivity contribution in [1.82, 2.24) is 0 Å². The summed E-state index contributed by atoms with van der Waals surface area (Å²) in [7, 11) is 0. The number of phenols is 3. The third-order valence-electron chi connectivity index (χ3n) is 5.18. The van der Waals surface area contributed by atoms with Crippen LogP contribution >= 0.6 is 0 Å². The molecule has 32 heavy (non-hydrogen) atoms. The van der Waals surface area contributed by atoms with Gasteiger partial charge in [0.05, 0.1) is 17.1 Å². The second-order valence-corrected chi connectivity index (χ2v) is 7.86. The summed E-state index contributed by atoms with van der Waals surface area (Å²) in [6.45, 7) is 5.76. The molecule has 0 saturated carbocycles. The summed E-state index contributed by atoms with van der Waals surface area (Å²) in [5, 5.41) is 31.8. The monoisotopic (exact) mass is 427 g/mol. The number of phenolic OH excluding ortho intramolecular Hbond substituents is 3. The first-order chi connectivity index (χ1) is 15.3. The molecule has 5 nitrogen and oxygen atoms in total. The van der Waals surface area contributed by atoms with Crippen LogP contribution in [0.3, 0.4) is 0 Å². The van der Waals surface area contributed by atoms with E-state index in [9.17, 15) is 15.3 Å². The largest absolute Gasteiger partial charge is 0.506 e. The molecular formula is C27H25NO4. The van der Waals surface area contributed by atoms with Crippen molar-refractivity contribution in [3.05, 3.63) is 95.6 Å². The molecule has 0 heterocycles. The zero-order valence-electron chi connectivity index (χ0n) is 18.2. The van der Waals surface area contributed by atoms with Gasteiger partial charge in [0.25, 0.3) is 0 Å². The highest BCUT2D eigenvalue weighted by Gasteiger charge is 2.23. The van der Waals surface area contributed by atoms with Crippen LogP contribution in [0.25, 0.3) is 0 Å². The Balaban J connectivity index is 1.93. The quantitative estimate of drug-likeness (QED) is 0.320. The molecule has 0 atom stereocenters. The molecule has 0 amide bonds. The van der Waals surface area contributed by atoms with Crippen molar-refractivity contribution in [2.24, 2.45) is 0 Å². The average Bonchev–Trinajstić information content (AvgIpc) is 2.76. The third-order valence-corrected chi connectivity index (χ3v) is 5.18. The van der Waals surface area contributed by atoms with Gasteiger partial charge in [-0.3, -0.25) is 4.90 Å². The topological polar surface area (TPSA) is 73.2 Å². The van der Waals surface area contributed by atoms with E-state index in [4.69, 9.17) is 4.74 Å². The smallest absolute Gasteiger partial charge is 0.169 e. The van der Waals surface area contributed by atoms with Gasteiger partial charge in [0.1, 0.15) is 11.5 Å². The Morgan fingerprint density at radius 1 is 0.531 bits per heavy atom. The number of nitrogens with zero attached hydrogens (tertiary/aromatic N) is 1. The average molecular weight is 428 g/mol. The van der Waals surface area contributed by atoms with Crippen LogP contribution < -0.4 is 9.64 Å². The fraction of sp³-hybridized carbons (Fsp3) is 0.111. The van der Waals surface area contributed by atoms with E-state index in [1.807, 2.05) is 69.3 Å². The minimum atomic E-state index is 0.0307. The molecule has 5 heteroatoms. The van der Waals surface area contributed by atoms with Crippen molar-refractivity contribution < 1.29 is 20.1 Å². The van der Waals surface area contributed by atoms with Crippen molar-refractivity contribution in [2.75, 3.05) is 4.90 Å². The highest BCUT2D eigenvalue weighted by molar-refractivity contribution is 5.86. The maximum absolute atomic E-state index is 10.7. The zero-order chi connectivity index (χ0) is 22.8. The highest BCUT2D eigenvalue weighted by atomic mass is 16.5. The number of hydrogen-bond acceptors (Lipinski definition) is 5. The summed E-state index contributed by atoms with van der Waals surface area (Å²) in [6, 6.07) is 23.1. The van der Waals surface area contributed by atoms with Crippen molar-refractivity contribution in [3.63, 3.8) is 0 Å². The van der Waals surface area contributed by atoms with Crippen molar-refractivity contribution in [2.45, 2.75) is 20.8 Å². The van der Waals surface area contributed by atoms with E-state index in [1.54, 1.807) is 35.2 Å². The summed E-state index contributed by atoms with van der Waals surface area (Å²) in [5.74, 6) is 0.913. The molecule has 0 aliphatic carbocycles. The lowest BCUT2D eigenvalue weighted by molar-refractivity contribution is 0.411. The van der Waals surface area contributed by atoms with E-state index in [-0.39, 0.29) is 17.2 Å². The standard InChI is InChI=1S/C27H25NO4/c1-17-8-11-23(29)21(14-17)28(22-15-18(2)9-12-24(22)30)20-6-4-5-7-26(20)32-27-13-10-19(3)16-25(27)31/h4-16,29-31H,1-3H3. The van der Waals surface area contributed by atoms with Gasteiger partial charge >= 0.3 is 0 Å². The lowest BCUT2D eigenvalue weighted by atomic mass is 10.1. The molecule has 4 aromatic rings. The van der Waals surface area contributed by atoms with Crippen LogP contribution in [0.15, 0.2) is 78.9 Å². The molecule has 0 aliphatic rings. The first-order valence-corrected chi connectivity index (χ1v) is 10.3. The number of aryl methyl sites for hydroxylation is 3. The van der Waals surface area contributed by atoms with Gasteiger partial charge in [-0.15, -0.1) is 0 Å². The number of para-hydroxylation sites is 2. The number of ether oxygens (including phenoxy) is 1. The Labute approximate surface area is 187 Å². The van der Waals surface area contributed by atoms with Crippen molar-refractivity contribution in [3.8, 4) is 28.7 Å². The Morgan fingerprint density at radius 2 is 1.06 bits per heavy atom. The van der Waals surface area contributed by atoms with E-state index in [0.29, 0.717) is 28.6 Å². The zero-order valence-corrected chi connectivity index (χ0v) is 18.2. The summed E-state index contributed by atoms with van der Waals surface area (Å²) in [6.07, 6.45) is 0. The lowest BCUT2D eigenvalue weighted by Gasteiger charge is -2.29. The van der Waals surface area contributed by atoms with Gasteiger partial charge in [-0.25, -0.2) is 0 Å². The van der Waals surface area contributed by atoms with Crippen LogP contribution in [0.5, 0.6) is 28.7 Å². The molecule has 0 fully saturated rings. The number of benzene rings is 4.